The van der Waals surface area contributed by atoms with E-state index in [-0.39, 0.29) is 11.7 Å². The molecule has 2 aromatic rings. The minimum Gasteiger partial charge on any atom is -0.464 e. The standard InChI is InChI=1S/C20H21FN2O3/c1-12-8-16(12)18-7-6-15(25-18)11-23(2)20(24)19-10-17(22-26-19)13-4-3-5-14(21)9-13/h3-7,9,12,16,19H,8,10-11H2,1-2H3/t12-,16+,19-/m1/s1. The van der Waals surface area contributed by atoms with Gasteiger partial charge in [0.2, 0.25) is 6.10 Å². The molecular formula is C20H21FN2O3. The van der Waals surface area contributed by atoms with E-state index in [2.05, 4.69) is 12.1 Å². The van der Waals surface area contributed by atoms with Gasteiger partial charge in [-0.25, -0.2) is 4.39 Å². The van der Waals surface area contributed by atoms with Crippen LogP contribution in [0.3, 0.4) is 0 Å². The molecule has 3 atom stereocenters. The van der Waals surface area contributed by atoms with Crippen LogP contribution in [0.4, 0.5) is 4.39 Å². The maximum atomic E-state index is 13.4. The minimum atomic E-state index is -0.684. The predicted molar refractivity (Wildman–Crippen MR) is 94.1 cm³/mol. The highest BCUT2D eigenvalue weighted by Gasteiger charge is 2.37. The predicted octanol–water partition coefficient (Wildman–Crippen LogP) is 3.69. The second kappa shape index (κ2) is 6.59. The van der Waals surface area contributed by atoms with Gasteiger partial charge in [-0.3, -0.25) is 4.79 Å². The van der Waals surface area contributed by atoms with Crippen molar-refractivity contribution >= 4 is 11.6 Å². The van der Waals surface area contributed by atoms with Crippen molar-refractivity contribution in [2.45, 2.75) is 38.3 Å². The number of rotatable bonds is 5. The van der Waals surface area contributed by atoms with Crippen molar-refractivity contribution in [3.63, 3.8) is 0 Å². The first-order valence-corrected chi connectivity index (χ1v) is 8.83. The Hall–Kier alpha value is -2.63. The van der Waals surface area contributed by atoms with Crippen LogP contribution in [0.15, 0.2) is 46.0 Å². The molecule has 0 N–H and O–H groups in total. The Morgan fingerprint density at radius 1 is 1.35 bits per heavy atom. The van der Waals surface area contributed by atoms with Crippen LogP contribution in [0.5, 0.6) is 0 Å². The van der Waals surface area contributed by atoms with Crippen molar-refractivity contribution in [3.8, 4) is 0 Å². The van der Waals surface area contributed by atoms with Crippen molar-refractivity contribution in [1.82, 2.24) is 4.90 Å². The Bertz CT molecular complexity index is 860. The quantitative estimate of drug-likeness (QED) is 0.821. The number of likely N-dealkylation sites (N-methyl/N-ethyl adjacent to an activating group) is 1. The number of halogens is 1. The van der Waals surface area contributed by atoms with Gasteiger partial charge in [-0.05, 0) is 36.6 Å². The summed E-state index contributed by atoms with van der Waals surface area (Å²) in [5.41, 5.74) is 1.22. The monoisotopic (exact) mass is 356 g/mol. The van der Waals surface area contributed by atoms with Gasteiger partial charge < -0.3 is 14.2 Å². The van der Waals surface area contributed by atoms with Gasteiger partial charge in [0.25, 0.3) is 5.91 Å². The Kier molecular flexibility index (Phi) is 4.26. The Labute approximate surface area is 151 Å². The van der Waals surface area contributed by atoms with Gasteiger partial charge in [0, 0.05) is 24.9 Å². The van der Waals surface area contributed by atoms with E-state index in [1.165, 1.54) is 12.1 Å². The molecule has 1 fully saturated rings. The molecule has 1 aliphatic carbocycles. The Morgan fingerprint density at radius 3 is 2.88 bits per heavy atom. The largest absolute Gasteiger partial charge is 0.464 e. The summed E-state index contributed by atoms with van der Waals surface area (Å²) in [5, 5.41) is 3.96. The molecule has 1 aromatic heterocycles. The lowest BCUT2D eigenvalue weighted by Crippen LogP contribution is -2.36. The van der Waals surface area contributed by atoms with Crippen molar-refractivity contribution in [2.75, 3.05) is 7.05 Å². The van der Waals surface area contributed by atoms with Crippen LogP contribution in [0, 0.1) is 11.7 Å². The molecule has 1 amide bonds. The fraction of sp³-hybridized carbons (Fsp3) is 0.400. The molecule has 0 saturated heterocycles. The van der Waals surface area contributed by atoms with Crippen LogP contribution in [0.25, 0.3) is 0 Å². The maximum Gasteiger partial charge on any atom is 0.267 e. The summed E-state index contributed by atoms with van der Waals surface area (Å²) in [6.07, 6.45) is 0.809. The number of carbonyl (C=O) groups is 1. The van der Waals surface area contributed by atoms with E-state index in [4.69, 9.17) is 9.25 Å². The molecule has 4 rings (SSSR count). The van der Waals surface area contributed by atoms with E-state index in [0.29, 0.717) is 36.1 Å². The second-order valence-corrected chi connectivity index (χ2v) is 7.16. The summed E-state index contributed by atoms with van der Waals surface area (Å²) in [6.45, 7) is 2.59. The van der Waals surface area contributed by atoms with Crippen LogP contribution < -0.4 is 0 Å². The normalized spacial score (nSPS) is 24.1. The molecule has 1 aromatic carbocycles. The summed E-state index contributed by atoms with van der Waals surface area (Å²) < 4.78 is 19.2. The van der Waals surface area contributed by atoms with Gasteiger partial charge in [-0.15, -0.1) is 0 Å². The van der Waals surface area contributed by atoms with E-state index in [9.17, 15) is 9.18 Å². The first-order chi connectivity index (χ1) is 12.5. The zero-order valence-electron chi connectivity index (χ0n) is 14.8. The molecule has 6 heteroatoms. The maximum absolute atomic E-state index is 13.4. The lowest BCUT2D eigenvalue weighted by Gasteiger charge is -2.18. The van der Waals surface area contributed by atoms with Crippen molar-refractivity contribution in [2.24, 2.45) is 11.1 Å². The number of carbonyl (C=O) groups excluding carboxylic acids is 1. The van der Waals surface area contributed by atoms with E-state index in [1.54, 1.807) is 24.1 Å². The topological polar surface area (TPSA) is 55.0 Å². The van der Waals surface area contributed by atoms with Crippen molar-refractivity contribution in [3.05, 3.63) is 59.3 Å². The van der Waals surface area contributed by atoms with Gasteiger partial charge in [0.05, 0.1) is 12.3 Å². The summed E-state index contributed by atoms with van der Waals surface area (Å²) in [7, 11) is 1.72. The lowest BCUT2D eigenvalue weighted by molar-refractivity contribution is -0.141. The van der Waals surface area contributed by atoms with Crippen LogP contribution in [0.1, 0.15) is 42.8 Å². The first-order valence-electron chi connectivity index (χ1n) is 8.83. The van der Waals surface area contributed by atoms with Gasteiger partial charge in [0.15, 0.2) is 0 Å². The fourth-order valence-corrected chi connectivity index (χ4v) is 3.30. The smallest absolute Gasteiger partial charge is 0.267 e. The Balaban J connectivity index is 1.35. The van der Waals surface area contributed by atoms with Gasteiger partial charge in [-0.1, -0.05) is 24.2 Å². The summed E-state index contributed by atoms with van der Waals surface area (Å²) >= 11 is 0. The van der Waals surface area contributed by atoms with E-state index >= 15 is 0 Å². The fourth-order valence-electron chi connectivity index (χ4n) is 3.30. The molecule has 26 heavy (non-hydrogen) atoms. The number of hydrogen-bond donors (Lipinski definition) is 0. The van der Waals surface area contributed by atoms with Crippen LogP contribution in [0.2, 0.25) is 0 Å². The highest BCUT2D eigenvalue weighted by atomic mass is 19.1. The average molecular weight is 356 g/mol. The SMILES string of the molecule is C[C@@H]1C[C@@H]1c1ccc(CN(C)C(=O)[C@H]2CC(c3cccc(F)c3)=NO2)o1. The summed E-state index contributed by atoms with van der Waals surface area (Å²) in [4.78, 5) is 19.5. The summed E-state index contributed by atoms with van der Waals surface area (Å²) in [6, 6.07) is 10.1. The highest BCUT2D eigenvalue weighted by molar-refractivity contribution is 6.04. The van der Waals surface area contributed by atoms with Crippen molar-refractivity contribution in [1.29, 1.82) is 0 Å². The van der Waals surface area contributed by atoms with E-state index in [0.717, 1.165) is 17.9 Å². The third kappa shape index (κ3) is 3.36. The van der Waals surface area contributed by atoms with E-state index < -0.39 is 6.10 Å². The number of amides is 1. The van der Waals surface area contributed by atoms with Crippen LogP contribution in [-0.4, -0.2) is 29.7 Å². The van der Waals surface area contributed by atoms with Gasteiger partial charge in [0.1, 0.15) is 17.3 Å². The number of benzene rings is 1. The molecule has 136 valence electrons. The minimum absolute atomic E-state index is 0.169. The molecule has 2 aliphatic rings. The molecular weight excluding hydrogens is 335 g/mol. The number of furan rings is 1. The molecule has 2 heterocycles. The van der Waals surface area contributed by atoms with Gasteiger partial charge >= 0.3 is 0 Å². The molecule has 0 bridgehead atoms. The Morgan fingerprint density at radius 2 is 2.15 bits per heavy atom. The average Bonchev–Trinajstić information content (AvgIpc) is 3.05. The second-order valence-electron chi connectivity index (χ2n) is 7.16. The van der Waals surface area contributed by atoms with Crippen molar-refractivity contribution < 1.29 is 18.4 Å². The van der Waals surface area contributed by atoms with Crippen LogP contribution >= 0.6 is 0 Å². The van der Waals surface area contributed by atoms with Gasteiger partial charge in [-0.2, -0.15) is 0 Å². The molecule has 0 spiro atoms. The molecule has 0 unspecified atom stereocenters. The lowest BCUT2D eigenvalue weighted by atomic mass is 10.0. The number of nitrogens with zero attached hydrogens (tertiary/aromatic N) is 2. The molecule has 0 radical (unpaired) electrons. The molecule has 5 nitrogen and oxygen atoms in total. The first kappa shape index (κ1) is 16.8. The zero-order valence-corrected chi connectivity index (χ0v) is 14.8. The number of oxime groups is 1. The summed E-state index contributed by atoms with van der Waals surface area (Å²) in [5.74, 6) is 2.46. The molecule has 1 aliphatic heterocycles. The number of hydrogen-bond acceptors (Lipinski definition) is 4. The third-order valence-corrected chi connectivity index (χ3v) is 5.03. The van der Waals surface area contributed by atoms with Crippen LogP contribution in [-0.2, 0) is 16.2 Å². The molecule has 1 saturated carbocycles. The highest BCUT2D eigenvalue weighted by Crippen LogP contribution is 2.47. The zero-order chi connectivity index (χ0) is 18.3. The third-order valence-electron chi connectivity index (χ3n) is 5.03. The van der Waals surface area contributed by atoms with E-state index in [1.807, 2.05) is 12.1 Å².